The molecule has 3 N–H and O–H groups in total. The topological polar surface area (TPSA) is 78.2 Å². The van der Waals surface area contributed by atoms with Crippen LogP contribution in [-0.2, 0) is 0 Å². The van der Waals surface area contributed by atoms with Crippen LogP contribution >= 0.6 is 0 Å². The molecule has 0 bridgehead atoms. The van der Waals surface area contributed by atoms with Crippen molar-refractivity contribution >= 4 is 11.7 Å². The summed E-state index contributed by atoms with van der Waals surface area (Å²) in [5.41, 5.74) is 7.10. The Morgan fingerprint density at radius 1 is 1.19 bits per heavy atom. The van der Waals surface area contributed by atoms with Crippen molar-refractivity contribution in [2.24, 2.45) is 0 Å². The van der Waals surface area contributed by atoms with Gasteiger partial charge in [0.05, 0.1) is 0 Å². The second kappa shape index (κ2) is 6.05. The molecule has 116 valence electrons. The number of nitrogens with zero attached hydrogens (tertiary/aromatic N) is 3. The summed E-state index contributed by atoms with van der Waals surface area (Å²) in [6.45, 7) is 5.95. The Morgan fingerprint density at radius 2 is 1.86 bits per heavy atom. The van der Waals surface area contributed by atoms with Crippen LogP contribution in [0.25, 0.3) is 0 Å². The molecule has 0 aromatic carbocycles. The fraction of sp³-hybridized carbons (Fsp3) is 0.733. The molecule has 6 heteroatoms. The number of hydrogen-bond donors (Lipinski definition) is 2. The first kappa shape index (κ1) is 14.4. The predicted molar refractivity (Wildman–Crippen MR) is 82.1 cm³/mol. The van der Waals surface area contributed by atoms with Gasteiger partial charge in [0.25, 0.3) is 5.91 Å². The Balaban J connectivity index is 1.59. The van der Waals surface area contributed by atoms with Gasteiger partial charge in [0.15, 0.2) is 5.82 Å². The fourth-order valence-corrected chi connectivity index (χ4v) is 3.59. The maximum absolute atomic E-state index is 12.6. The van der Waals surface area contributed by atoms with E-state index in [9.17, 15) is 4.79 Å². The van der Waals surface area contributed by atoms with Gasteiger partial charge in [0, 0.05) is 24.8 Å². The highest BCUT2D eigenvalue weighted by Gasteiger charge is 2.29. The van der Waals surface area contributed by atoms with Crippen molar-refractivity contribution in [3.63, 3.8) is 0 Å². The number of nitrogen functional groups attached to an aromatic ring is 1. The molecule has 1 amide bonds. The van der Waals surface area contributed by atoms with Crippen LogP contribution in [0.1, 0.15) is 48.2 Å². The molecule has 2 fully saturated rings. The first-order valence-electron chi connectivity index (χ1n) is 8.00. The summed E-state index contributed by atoms with van der Waals surface area (Å²) in [5, 5.41) is 6.70. The Labute approximate surface area is 125 Å². The number of aryl methyl sites for hydroxylation is 1. The zero-order chi connectivity index (χ0) is 14.8. The van der Waals surface area contributed by atoms with Crippen molar-refractivity contribution in [2.45, 2.75) is 45.1 Å². The summed E-state index contributed by atoms with van der Waals surface area (Å²) >= 11 is 0. The largest absolute Gasteiger partial charge is 0.382 e. The summed E-state index contributed by atoms with van der Waals surface area (Å²) in [7, 11) is 0. The minimum Gasteiger partial charge on any atom is -0.382 e. The van der Waals surface area contributed by atoms with Crippen molar-refractivity contribution in [3.05, 3.63) is 11.3 Å². The molecule has 0 atom stereocenters. The molecule has 1 aromatic heterocycles. The zero-order valence-corrected chi connectivity index (χ0v) is 12.8. The van der Waals surface area contributed by atoms with Crippen molar-refractivity contribution < 1.29 is 4.79 Å². The van der Waals surface area contributed by atoms with Gasteiger partial charge in [-0.1, -0.05) is 6.42 Å². The van der Waals surface area contributed by atoms with Crippen LogP contribution in [0.2, 0.25) is 0 Å². The van der Waals surface area contributed by atoms with E-state index in [4.69, 9.17) is 5.73 Å². The molecule has 2 saturated heterocycles. The second-order valence-corrected chi connectivity index (χ2v) is 6.23. The number of carbonyl (C=O) groups excluding carboxylic acids is 1. The summed E-state index contributed by atoms with van der Waals surface area (Å²) in [4.78, 5) is 17.1. The number of aromatic amines is 1. The zero-order valence-electron chi connectivity index (χ0n) is 12.8. The molecule has 2 aliphatic heterocycles. The Morgan fingerprint density at radius 3 is 2.43 bits per heavy atom. The summed E-state index contributed by atoms with van der Waals surface area (Å²) in [6, 6.07) is 0.650. The summed E-state index contributed by atoms with van der Waals surface area (Å²) < 4.78 is 0. The highest BCUT2D eigenvalue weighted by Crippen LogP contribution is 2.23. The van der Waals surface area contributed by atoms with Gasteiger partial charge in [0.1, 0.15) is 5.56 Å². The third kappa shape index (κ3) is 2.90. The smallest absolute Gasteiger partial charge is 0.259 e. The molecule has 21 heavy (non-hydrogen) atoms. The van der Waals surface area contributed by atoms with Gasteiger partial charge in [-0.25, -0.2) is 0 Å². The van der Waals surface area contributed by atoms with Gasteiger partial charge in [-0.15, -0.1) is 0 Å². The van der Waals surface area contributed by atoms with Crippen LogP contribution in [0, 0.1) is 6.92 Å². The molecule has 0 spiro atoms. The monoisotopic (exact) mass is 291 g/mol. The first-order valence-corrected chi connectivity index (χ1v) is 8.00. The Hall–Kier alpha value is -1.56. The van der Waals surface area contributed by atoms with E-state index in [0.29, 0.717) is 17.4 Å². The van der Waals surface area contributed by atoms with Gasteiger partial charge in [-0.05, 0) is 45.7 Å². The van der Waals surface area contributed by atoms with E-state index in [2.05, 4.69) is 15.1 Å². The normalized spacial score (nSPS) is 21.7. The average molecular weight is 291 g/mol. The number of nitrogens with one attached hydrogen (secondary N) is 1. The molecule has 3 heterocycles. The first-order chi connectivity index (χ1) is 10.2. The summed E-state index contributed by atoms with van der Waals surface area (Å²) in [5.74, 6) is 0.339. The van der Waals surface area contributed by atoms with Crippen LogP contribution < -0.4 is 5.73 Å². The fourth-order valence-electron chi connectivity index (χ4n) is 3.59. The lowest BCUT2D eigenvalue weighted by atomic mass is 9.99. The van der Waals surface area contributed by atoms with Gasteiger partial charge in [-0.3, -0.25) is 9.89 Å². The molecular formula is C15H25N5O. The molecule has 0 radical (unpaired) electrons. The van der Waals surface area contributed by atoms with Gasteiger partial charge in [-0.2, -0.15) is 5.10 Å². The standard InChI is InChI=1S/C15H25N5O/c1-11-13(14(16)18-17-11)15(21)20-9-5-12(6-10-20)19-7-3-2-4-8-19/h12H,2-10H2,1H3,(H3,16,17,18). The molecule has 1 aromatic rings. The number of aromatic nitrogens is 2. The molecule has 3 rings (SSSR count). The maximum atomic E-state index is 12.6. The van der Waals surface area contributed by atoms with E-state index < -0.39 is 0 Å². The number of rotatable bonds is 2. The number of nitrogens with two attached hydrogens (primary N) is 1. The Kier molecular flexibility index (Phi) is 4.14. The van der Waals surface area contributed by atoms with Crippen LogP contribution in [-0.4, -0.2) is 58.1 Å². The molecule has 2 aliphatic rings. The molecule has 6 nitrogen and oxygen atoms in total. The highest BCUT2D eigenvalue weighted by atomic mass is 16.2. The number of amides is 1. The van der Waals surface area contributed by atoms with E-state index in [1.807, 2.05) is 11.8 Å². The van der Waals surface area contributed by atoms with Crippen LogP contribution in [0.5, 0.6) is 0 Å². The van der Waals surface area contributed by atoms with Crippen LogP contribution in [0.3, 0.4) is 0 Å². The molecule has 0 saturated carbocycles. The predicted octanol–water partition coefficient (Wildman–Crippen LogP) is 1.39. The van der Waals surface area contributed by atoms with E-state index in [1.54, 1.807) is 0 Å². The maximum Gasteiger partial charge on any atom is 0.259 e. The van der Waals surface area contributed by atoms with E-state index >= 15 is 0 Å². The van der Waals surface area contributed by atoms with Crippen molar-refractivity contribution in [3.8, 4) is 0 Å². The van der Waals surface area contributed by atoms with Gasteiger partial charge in [0.2, 0.25) is 0 Å². The molecule has 0 unspecified atom stereocenters. The van der Waals surface area contributed by atoms with E-state index in [-0.39, 0.29) is 5.91 Å². The average Bonchev–Trinajstić information content (AvgIpc) is 2.87. The van der Waals surface area contributed by atoms with Crippen molar-refractivity contribution in [2.75, 3.05) is 31.9 Å². The second-order valence-electron chi connectivity index (χ2n) is 6.23. The van der Waals surface area contributed by atoms with Crippen LogP contribution in [0.15, 0.2) is 0 Å². The third-order valence-corrected chi connectivity index (χ3v) is 4.85. The minimum absolute atomic E-state index is 0.0239. The van der Waals surface area contributed by atoms with E-state index in [0.717, 1.165) is 31.6 Å². The number of carbonyl (C=O) groups is 1. The third-order valence-electron chi connectivity index (χ3n) is 4.85. The van der Waals surface area contributed by atoms with Crippen LogP contribution in [0.4, 0.5) is 5.82 Å². The van der Waals surface area contributed by atoms with Crippen molar-refractivity contribution in [1.29, 1.82) is 0 Å². The lowest BCUT2D eigenvalue weighted by Crippen LogP contribution is -2.48. The number of H-pyrrole nitrogens is 1. The molecule has 0 aliphatic carbocycles. The summed E-state index contributed by atoms with van der Waals surface area (Å²) in [6.07, 6.45) is 6.16. The lowest BCUT2D eigenvalue weighted by molar-refractivity contribution is 0.0590. The van der Waals surface area contributed by atoms with Gasteiger partial charge >= 0.3 is 0 Å². The minimum atomic E-state index is 0.0239. The molecular weight excluding hydrogens is 266 g/mol. The SMILES string of the molecule is Cc1[nH]nc(N)c1C(=O)N1CCC(N2CCCCC2)CC1. The van der Waals surface area contributed by atoms with Crippen molar-refractivity contribution in [1.82, 2.24) is 20.0 Å². The number of anilines is 1. The lowest BCUT2D eigenvalue weighted by Gasteiger charge is -2.40. The Bertz CT molecular complexity index is 479. The number of likely N-dealkylation sites (tertiary alicyclic amines) is 2. The highest BCUT2D eigenvalue weighted by molar-refractivity contribution is 5.99. The number of piperidine rings is 2. The quantitative estimate of drug-likeness (QED) is 0.863. The van der Waals surface area contributed by atoms with Gasteiger partial charge < -0.3 is 15.5 Å². The van der Waals surface area contributed by atoms with E-state index in [1.165, 1.54) is 32.4 Å². The number of hydrogen-bond acceptors (Lipinski definition) is 4.